The molecule has 1 amide bonds. The highest BCUT2D eigenvalue weighted by atomic mass is 16.4. The Kier molecular flexibility index (Phi) is 4.94. The minimum Gasteiger partial charge on any atom is -0.481 e. The maximum atomic E-state index is 12.3. The second kappa shape index (κ2) is 6.89. The Hall–Kier alpha value is -2.62. The second-order valence-electron chi connectivity index (χ2n) is 5.40. The number of carboxylic acids is 1. The van der Waals surface area contributed by atoms with Crippen LogP contribution < -0.4 is 5.32 Å². The van der Waals surface area contributed by atoms with Crippen molar-refractivity contribution in [1.29, 1.82) is 0 Å². The largest absolute Gasteiger partial charge is 0.481 e. The summed E-state index contributed by atoms with van der Waals surface area (Å²) in [5.41, 5.74) is 3.46. The normalized spacial score (nSPS) is 11.7. The third-order valence-corrected chi connectivity index (χ3v) is 3.48. The number of benzene rings is 2. The number of nitrogens with one attached hydrogen (secondary N) is 1. The summed E-state index contributed by atoms with van der Waals surface area (Å²) in [5, 5.41) is 11.9. The van der Waals surface area contributed by atoms with Crippen molar-refractivity contribution in [2.24, 2.45) is 0 Å². The van der Waals surface area contributed by atoms with Gasteiger partial charge in [-0.3, -0.25) is 9.59 Å². The maximum absolute atomic E-state index is 12.3. The molecule has 114 valence electrons. The van der Waals surface area contributed by atoms with Crippen LogP contribution in [0.2, 0.25) is 0 Å². The van der Waals surface area contributed by atoms with Gasteiger partial charge in [-0.15, -0.1) is 0 Å². The van der Waals surface area contributed by atoms with Gasteiger partial charge < -0.3 is 10.4 Å². The summed E-state index contributed by atoms with van der Waals surface area (Å²) >= 11 is 0. The average Bonchev–Trinajstić information content (AvgIpc) is 2.47. The van der Waals surface area contributed by atoms with E-state index in [1.54, 1.807) is 12.1 Å². The number of hydrogen-bond acceptors (Lipinski definition) is 2. The van der Waals surface area contributed by atoms with Crippen molar-refractivity contribution in [3.63, 3.8) is 0 Å². The van der Waals surface area contributed by atoms with Gasteiger partial charge in [0.05, 0.1) is 12.5 Å². The third kappa shape index (κ3) is 4.19. The van der Waals surface area contributed by atoms with E-state index in [9.17, 15) is 9.59 Å². The van der Waals surface area contributed by atoms with Crippen LogP contribution in [0.3, 0.4) is 0 Å². The zero-order valence-electron chi connectivity index (χ0n) is 12.7. The second-order valence-corrected chi connectivity index (χ2v) is 5.40. The monoisotopic (exact) mass is 297 g/mol. The molecule has 4 heteroatoms. The molecule has 0 spiro atoms. The van der Waals surface area contributed by atoms with Crippen LogP contribution >= 0.6 is 0 Å². The SMILES string of the molecule is Cc1ccc(C(=O)NC(CC(=O)O)c2ccc(C)cc2)cc1. The molecule has 2 aromatic rings. The number of amides is 1. The molecular weight excluding hydrogens is 278 g/mol. The van der Waals surface area contributed by atoms with E-state index in [2.05, 4.69) is 5.32 Å². The molecular formula is C18H19NO3. The van der Waals surface area contributed by atoms with E-state index < -0.39 is 12.0 Å². The van der Waals surface area contributed by atoms with Gasteiger partial charge in [0, 0.05) is 5.56 Å². The van der Waals surface area contributed by atoms with Gasteiger partial charge in [0.1, 0.15) is 0 Å². The molecule has 0 aliphatic carbocycles. The summed E-state index contributed by atoms with van der Waals surface area (Å²) in [6, 6.07) is 14.1. The van der Waals surface area contributed by atoms with Gasteiger partial charge in [0.2, 0.25) is 0 Å². The summed E-state index contributed by atoms with van der Waals surface area (Å²) in [5.74, 6) is -1.22. The fourth-order valence-electron chi connectivity index (χ4n) is 2.17. The Morgan fingerprint density at radius 3 is 1.95 bits per heavy atom. The minimum absolute atomic E-state index is 0.152. The van der Waals surface area contributed by atoms with Crippen LogP contribution in [0.15, 0.2) is 48.5 Å². The fraction of sp³-hybridized carbons (Fsp3) is 0.222. The number of carboxylic acid groups (broad SMARTS) is 1. The summed E-state index contributed by atoms with van der Waals surface area (Å²) in [6.45, 7) is 3.90. The Labute approximate surface area is 129 Å². The van der Waals surface area contributed by atoms with E-state index in [4.69, 9.17) is 5.11 Å². The van der Waals surface area contributed by atoms with Gasteiger partial charge in [-0.1, -0.05) is 47.5 Å². The minimum atomic E-state index is -0.949. The van der Waals surface area contributed by atoms with Crippen molar-refractivity contribution >= 4 is 11.9 Å². The van der Waals surface area contributed by atoms with Gasteiger partial charge >= 0.3 is 5.97 Å². The van der Waals surface area contributed by atoms with E-state index in [1.807, 2.05) is 50.2 Å². The zero-order valence-corrected chi connectivity index (χ0v) is 12.7. The van der Waals surface area contributed by atoms with Crippen LogP contribution in [-0.2, 0) is 4.79 Å². The summed E-state index contributed by atoms with van der Waals surface area (Å²) in [7, 11) is 0. The standard InChI is InChI=1S/C18H19NO3/c1-12-3-7-14(8-4-12)16(11-17(20)21)19-18(22)15-9-5-13(2)6-10-15/h3-10,16H,11H2,1-2H3,(H,19,22)(H,20,21). The molecule has 1 atom stereocenters. The third-order valence-electron chi connectivity index (χ3n) is 3.48. The Balaban J connectivity index is 2.19. The first kappa shape index (κ1) is 15.8. The first-order chi connectivity index (χ1) is 10.5. The number of rotatable bonds is 5. The summed E-state index contributed by atoms with van der Waals surface area (Å²) < 4.78 is 0. The van der Waals surface area contributed by atoms with E-state index in [0.29, 0.717) is 5.56 Å². The molecule has 0 saturated carbocycles. The van der Waals surface area contributed by atoms with Crippen LogP contribution in [0.25, 0.3) is 0 Å². The van der Waals surface area contributed by atoms with Crippen LogP contribution in [0.1, 0.15) is 39.5 Å². The molecule has 0 aromatic heterocycles. The molecule has 0 bridgehead atoms. The van der Waals surface area contributed by atoms with Crippen LogP contribution in [0.4, 0.5) is 0 Å². The molecule has 0 saturated heterocycles. The van der Waals surface area contributed by atoms with Crippen molar-refractivity contribution in [2.75, 3.05) is 0 Å². The first-order valence-electron chi connectivity index (χ1n) is 7.11. The first-order valence-corrected chi connectivity index (χ1v) is 7.11. The van der Waals surface area contributed by atoms with Crippen LogP contribution in [0.5, 0.6) is 0 Å². The topological polar surface area (TPSA) is 66.4 Å². The van der Waals surface area contributed by atoms with Crippen molar-refractivity contribution in [3.05, 3.63) is 70.8 Å². The Morgan fingerprint density at radius 1 is 0.955 bits per heavy atom. The predicted octanol–water partition coefficient (Wildman–Crippen LogP) is 3.25. The van der Waals surface area contributed by atoms with E-state index in [0.717, 1.165) is 16.7 Å². The number of hydrogen-bond donors (Lipinski definition) is 2. The average molecular weight is 297 g/mol. The number of carbonyl (C=O) groups is 2. The summed E-state index contributed by atoms with van der Waals surface area (Å²) in [6.07, 6.45) is -0.152. The molecule has 22 heavy (non-hydrogen) atoms. The molecule has 0 aliphatic rings. The zero-order chi connectivity index (χ0) is 16.1. The highest BCUT2D eigenvalue weighted by Crippen LogP contribution is 2.18. The van der Waals surface area contributed by atoms with Crippen LogP contribution in [-0.4, -0.2) is 17.0 Å². The maximum Gasteiger partial charge on any atom is 0.305 e. The highest BCUT2D eigenvalue weighted by molar-refractivity contribution is 5.94. The molecule has 1 unspecified atom stereocenters. The molecule has 4 nitrogen and oxygen atoms in total. The van der Waals surface area contributed by atoms with E-state index >= 15 is 0 Å². The van der Waals surface area contributed by atoms with Crippen molar-refractivity contribution < 1.29 is 14.7 Å². The lowest BCUT2D eigenvalue weighted by molar-refractivity contribution is -0.137. The van der Waals surface area contributed by atoms with Crippen LogP contribution in [0, 0.1) is 13.8 Å². The molecule has 0 radical (unpaired) electrons. The number of aryl methyl sites for hydroxylation is 2. The van der Waals surface area contributed by atoms with Gasteiger partial charge in [-0.25, -0.2) is 0 Å². The summed E-state index contributed by atoms with van der Waals surface area (Å²) in [4.78, 5) is 23.3. The Morgan fingerprint density at radius 2 is 1.45 bits per heavy atom. The van der Waals surface area contributed by atoms with Crippen molar-refractivity contribution in [1.82, 2.24) is 5.32 Å². The van der Waals surface area contributed by atoms with Gasteiger partial charge in [0.15, 0.2) is 0 Å². The molecule has 2 N–H and O–H groups in total. The molecule has 0 heterocycles. The van der Waals surface area contributed by atoms with Gasteiger partial charge in [0.25, 0.3) is 5.91 Å². The number of carbonyl (C=O) groups excluding carboxylic acids is 1. The fourth-order valence-corrected chi connectivity index (χ4v) is 2.17. The van der Waals surface area contributed by atoms with Crippen molar-refractivity contribution in [3.8, 4) is 0 Å². The Bertz CT molecular complexity index is 660. The van der Waals surface area contributed by atoms with Gasteiger partial charge in [-0.05, 0) is 31.5 Å². The van der Waals surface area contributed by atoms with E-state index in [-0.39, 0.29) is 12.3 Å². The lowest BCUT2D eigenvalue weighted by Crippen LogP contribution is -2.30. The molecule has 2 rings (SSSR count). The van der Waals surface area contributed by atoms with E-state index in [1.165, 1.54) is 0 Å². The van der Waals surface area contributed by atoms with Gasteiger partial charge in [-0.2, -0.15) is 0 Å². The predicted molar refractivity (Wildman–Crippen MR) is 84.8 cm³/mol. The van der Waals surface area contributed by atoms with Crippen molar-refractivity contribution in [2.45, 2.75) is 26.3 Å². The highest BCUT2D eigenvalue weighted by Gasteiger charge is 2.18. The lowest BCUT2D eigenvalue weighted by atomic mass is 10.0. The molecule has 0 aliphatic heterocycles. The lowest BCUT2D eigenvalue weighted by Gasteiger charge is -2.18. The molecule has 2 aromatic carbocycles. The number of aliphatic carboxylic acids is 1. The molecule has 0 fully saturated rings. The quantitative estimate of drug-likeness (QED) is 0.890. The smallest absolute Gasteiger partial charge is 0.305 e.